The SMILES string of the molecule is O=C(Nc1cc(C(F)F)sn1)c1cccc(O)c1. The number of benzene rings is 1. The van der Waals surface area contributed by atoms with Crippen molar-refractivity contribution in [1.82, 2.24) is 4.37 Å². The molecular formula is C11H8F2N2O2S. The fourth-order valence-corrected chi connectivity index (χ4v) is 1.83. The number of nitrogens with one attached hydrogen (secondary N) is 1. The van der Waals surface area contributed by atoms with Crippen molar-refractivity contribution in [2.24, 2.45) is 0 Å². The summed E-state index contributed by atoms with van der Waals surface area (Å²) < 4.78 is 28.3. The lowest BCUT2D eigenvalue weighted by Crippen LogP contribution is -2.11. The zero-order valence-electron chi connectivity index (χ0n) is 8.93. The molecule has 1 aromatic heterocycles. The van der Waals surface area contributed by atoms with Crippen LogP contribution in [0.3, 0.4) is 0 Å². The first kappa shape index (κ1) is 12.4. The Balaban J connectivity index is 2.11. The topological polar surface area (TPSA) is 62.2 Å². The summed E-state index contributed by atoms with van der Waals surface area (Å²) >= 11 is 0.634. The van der Waals surface area contributed by atoms with Gasteiger partial charge in [0.25, 0.3) is 12.3 Å². The third-order valence-electron chi connectivity index (χ3n) is 2.09. The minimum absolute atomic E-state index is 0.0470. The average molecular weight is 270 g/mol. The molecule has 0 saturated heterocycles. The molecule has 18 heavy (non-hydrogen) atoms. The van der Waals surface area contributed by atoms with Gasteiger partial charge >= 0.3 is 0 Å². The molecule has 1 aromatic carbocycles. The van der Waals surface area contributed by atoms with E-state index in [-0.39, 0.29) is 22.0 Å². The second-order valence-electron chi connectivity index (χ2n) is 3.42. The van der Waals surface area contributed by atoms with Crippen LogP contribution < -0.4 is 5.32 Å². The molecule has 0 unspecified atom stereocenters. The molecule has 0 saturated carbocycles. The lowest BCUT2D eigenvalue weighted by molar-refractivity contribution is 0.102. The number of anilines is 1. The molecule has 94 valence electrons. The van der Waals surface area contributed by atoms with Gasteiger partial charge in [0, 0.05) is 11.6 Å². The molecule has 0 atom stereocenters. The van der Waals surface area contributed by atoms with Crippen LogP contribution in [0.5, 0.6) is 5.75 Å². The van der Waals surface area contributed by atoms with Crippen LogP contribution in [0, 0.1) is 0 Å². The fourth-order valence-electron chi connectivity index (χ4n) is 1.29. The summed E-state index contributed by atoms with van der Waals surface area (Å²) in [5.41, 5.74) is 0.224. The zero-order valence-corrected chi connectivity index (χ0v) is 9.75. The summed E-state index contributed by atoms with van der Waals surface area (Å²) in [6.07, 6.45) is -2.60. The normalized spacial score (nSPS) is 10.6. The van der Waals surface area contributed by atoms with E-state index >= 15 is 0 Å². The minimum Gasteiger partial charge on any atom is -0.508 e. The molecule has 0 aliphatic rings. The zero-order chi connectivity index (χ0) is 13.1. The number of aromatic nitrogens is 1. The lowest BCUT2D eigenvalue weighted by atomic mass is 10.2. The summed E-state index contributed by atoms with van der Waals surface area (Å²) in [5, 5.41) is 11.6. The van der Waals surface area contributed by atoms with Gasteiger partial charge in [-0.3, -0.25) is 4.79 Å². The maximum atomic E-state index is 12.3. The van der Waals surface area contributed by atoms with Crippen LogP contribution in [-0.2, 0) is 0 Å². The third kappa shape index (κ3) is 2.80. The molecule has 0 spiro atoms. The van der Waals surface area contributed by atoms with Crippen molar-refractivity contribution in [3.63, 3.8) is 0 Å². The summed E-state index contributed by atoms with van der Waals surface area (Å²) in [6.45, 7) is 0. The van der Waals surface area contributed by atoms with Gasteiger partial charge in [-0.2, -0.15) is 4.37 Å². The predicted octanol–water partition coefficient (Wildman–Crippen LogP) is 3.04. The molecular weight excluding hydrogens is 262 g/mol. The van der Waals surface area contributed by atoms with Crippen molar-refractivity contribution in [2.45, 2.75) is 6.43 Å². The van der Waals surface area contributed by atoms with Gasteiger partial charge in [-0.1, -0.05) is 6.07 Å². The summed E-state index contributed by atoms with van der Waals surface area (Å²) in [5.74, 6) is -0.491. The first-order chi connectivity index (χ1) is 8.56. The number of amides is 1. The largest absolute Gasteiger partial charge is 0.508 e. The van der Waals surface area contributed by atoms with Crippen LogP contribution in [-0.4, -0.2) is 15.4 Å². The Morgan fingerprint density at radius 2 is 2.17 bits per heavy atom. The van der Waals surface area contributed by atoms with E-state index in [1.54, 1.807) is 0 Å². The van der Waals surface area contributed by atoms with Crippen molar-refractivity contribution < 1.29 is 18.7 Å². The van der Waals surface area contributed by atoms with Crippen molar-refractivity contribution in [3.05, 3.63) is 40.8 Å². The van der Waals surface area contributed by atoms with E-state index in [0.717, 1.165) is 6.07 Å². The first-order valence-electron chi connectivity index (χ1n) is 4.91. The Kier molecular flexibility index (Phi) is 3.52. The Labute approximate surface area is 105 Å². The number of carbonyl (C=O) groups is 1. The summed E-state index contributed by atoms with van der Waals surface area (Å²) in [6, 6.07) is 6.83. The summed E-state index contributed by atoms with van der Waals surface area (Å²) in [7, 11) is 0. The molecule has 4 nitrogen and oxygen atoms in total. The Bertz CT molecular complexity index is 572. The molecule has 2 rings (SSSR count). The Hall–Kier alpha value is -2.02. The molecule has 0 radical (unpaired) electrons. The van der Waals surface area contributed by atoms with E-state index < -0.39 is 12.3 Å². The second kappa shape index (κ2) is 5.09. The molecule has 0 aliphatic heterocycles. The highest BCUT2D eigenvalue weighted by Gasteiger charge is 2.14. The van der Waals surface area contributed by atoms with E-state index in [0.29, 0.717) is 11.5 Å². The lowest BCUT2D eigenvalue weighted by Gasteiger charge is -2.01. The number of phenols is 1. The van der Waals surface area contributed by atoms with Gasteiger partial charge in [0.1, 0.15) is 11.6 Å². The standard InChI is InChI=1S/C11H8F2N2O2S/c12-10(13)8-5-9(15-18-8)14-11(17)6-2-1-3-7(16)4-6/h1-5,10,16H,(H,14,15,17). The number of hydrogen-bond donors (Lipinski definition) is 2. The van der Waals surface area contributed by atoms with Crippen LogP contribution in [0.4, 0.5) is 14.6 Å². The minimum atomic E-state index is -2.60. The second-order valence-corrected chi connectivity index (χ2v) is 4.26. The highest BCUT2D eigenvalue weighted by molar-refractivity contribution is 7.06. The molecule has 0 aliphatic carbocycles. The Morgan fingerprint density at radius 3 is 2.78 bits per heavy atom. The van der Waals surface area contributed by atoms with Gasteiger partial charge in [-0.05, 0) is 29.7 Å². The highest BCUT2D eigenvalue weighted by Crippen LogP contribution is 2.26. The quantitative estimate of drug-likeness (QED) is 0.901. The van der Waals surface area contributed by atoms with Gasteiger partial charge < -0.3 is 10.4 Å². The van der Waals surface area contributed by atoms with E-state index in [9.17, 15) is 18.7 Å². The van der Waals surface area contributed by atoms with E-state index in [2.05, 4.69) is 9.69 Å². The van der Waals surface area contributed by atoms with Crippen LogP contribution in [0.1, 0.15) is 21.7 Å². The monoisotopic (exact) mass is 270 g/mol. The van der Waals surface area contributed by atoms with Gasteiger partial charge in [-0.25, -0.2) is 8.78 Å². The number of rotatable bonds is 3. The van der Waals surface area contributed by atoms with E-state index in [4.69, 9.17) is 0 Å². The van der Waals surface area contributed by atoms with Crippen molar-refractivity contribution in [3.8, 4) is 5.75 Å². The number of phenolic OH excluding ortho intramolecular Hbond substituents is 1. The average Bonchev–Trinajstić information content (AvgIpc) is 2.77. The van der Waals surface area contributed by atoms with Gasteiger partial charge in [-0.15, -0.1) is 0 Å². The highest BCUT2D eigenvalue weighted by atomic mass is 32.1. The van der Waals surface area contributed by atoms with E-state index in [1.165, 1.54) is 24.3 Å². The smallest absolute Gasteiger partial charge is 0.274 e. The summed E-state index contributed by atoms with van der Waals surface area (Å²) in [4.78, 5) is 11.5. The molecule has 1 heterocycles. The number of halogens is 2. The molecule has 1 amide bonds. The number of hydrogen-bond acceptors (Lipinski definition) is 4. The maximum Gasteiger partial charge on any atom is 0.274 e. The number of nitrogens with zero attached hydrogens (tertiary/aromatic N) is 1. The number of aromatic hydroxyl groups is 1. The number of carbonyl (C=O) groups excluding carboxylic acids is 1. The Morgan fingerprint density at radius 1 is 1.39 bits per heavy atom. The van der Waals surface area contributed by atoms with Crippen LogP contribution >= 0.6 is 11.5 Å². The molecule has 0 bridgehead atoms. The molecule has 2 N–H and O–H groups in total. The van der Waals surface area contributed by atoms with Crippen molar-refractivity contribution >= 4 is 23.3 Å². The first-order valence-corrected chi connectivity index (χ1v) is 5.69. The third-order valence-corrected chi connectivity index (χ3v) is 2.89. The molecule has 7 heteroatoms. The molecule has 2 aromatic rings. The van der Waals surface area contributed by atoms with Gasteiger partial charge in [0.15, 0.2) is 0 Å². The fraction of sp³-hybridized carbons (Fsp3) is 0.0909. The predicted molar refractivity (Wildman–Crippen MR) is 63.1 cm³/mol. The maximum absolute atomic E-state index is 12.3. The van der Waals surface area contributed by atoms with Crippen molar-refractivity contribution in [1.29, 1.82) is 0 Å². The van der Waals surface area contributed by atoms with Crippen LogP contribution in [0.15, 0.2) is 30.3 Å². The van der Waals surface area contributed by atoms with Crippen LogP contribution in [0.25, 0.3) is 0 Å². The van der Waals surface area contributed by atoms with Crippen molar-refractivity contribution in [2.75, 3.05) is 5.32 Å². The van der Waals surface area contributed by atoms with Gasteiger partial charge in [0.05, 0.1) is 4.88 Å². The van der Waals surface area contributed by atoms with Gasteiger partial charge in [0.2, 0.25) is 0 Å². The molecule has 0 fully saturated rings. The number of alkyl halides is 2. The van der Waals surface area contributed by atoms with E-state index in [1.807, 2.05) is 0 Å². The van der Waals surface area contributed by atoms with Crippen LogP contribution in [0.2, 0.25) is 0 Å².